The molecule has 0 spiro atoms. The fourth-order valence-electron chi connectivity index (χ4n) is 4.43. The third-order valence-electron chi connectivity index (χ3n) is 6.41. The van der Waals surface area contributed by atoms with Crippen LogP contribution in [0.1, 0.15) is 48.0 Å². The average molecular weight is 501 g/mol. The number of likely N-dealkylation sites (tertiary alicyclic amines) is 1. The fourth-order valence-corrected chi connectivity index (χ4v) is 4.43. The van der Waals surface area contributed by atoms with E-state index >= 15 is 0 Å². The van der Waals surface area contributed by atoms with E-state index in [0.717, 1.165) is 0 Å². The van der Waals surface area contributed by atoms with Gasteiger partial charge in [-0.15, -0.1) is 0 Å². The standard InChI is InChI=1S/C27H30F2N2O5/c1-3-24(34-2)23-14-22(36-27(28)29)16-31(23)25(32)15-30-26(33)19-8-12-21(13-9-19)35-20-10-6-18(7-11-20)17-4-5-17/h3,6-13,17,22-23,27H,4-5,14-16H2,1-2H3,(H,30,33)/b24-3+/t22-,23+/m1/s1. The lowest BCUT2D eigenvalue weighted by molar-refractivity contribution is -0.160. The van der Waals surface area contributed by atoms with Crippen molar-refractivity contribution in [3.8, 4) is 11.5 Å². The van der Waals surface area contributed by atoms with Crippen LogP contribution in [0, 0.1) is 0 Å². The molecule has 2 aromatic carbocycles. The van der Waals surface area contributed by atoms with Gasteiger partial charge in [-0.2, -0.15) is 8.78 Å². The van der Waals surface area contributed by atoms with Crippen molar-refractivity contribution in [2.24, 2.45) is 0 Å². The lowest BCUT2D eigenvalue weighted by Crippen LogP contribution is -2.43. The number of nitrogens with zero attached hydrogens (tertiary/aromatic N) is 1. The zero-order chi connectivity index (χ0) is 25.7. The molecule has 0 bridgehead atoms. The van der Waals surface area contributed by atoms with Gasteiger partial charge in [0.15, 0.2) is 0 Å². The van der Waals surface area contributed by atoms with E-state index in [2.05, 4.69) is 22.2 Å². The van der Waals surface area contributed by atoms with E-state index in [1.165, 1.54) is 30.4 Å². The number of benzene rings is 2. The van der Waals surface area contributed by atoms with E-state index < -0.39 is 30.6 Å². The summed E-state index contributed by atoms with van der Waals surface area (Å²) in [5.74, 6) is 1.61. The second-order valence-corrected chi connectivity index (χ2v) is 8.86. The van der Waals surface area contributed by atoms with Crippen molar-refractivity contribution in [2.75, 3.05) is 20.2 Å². The summed E-state index contributed by atoms with van der Waals surface area (Å²) in [7, 11) is 1.46. The van der Waals surface area contributed by atoms with Crippen LogP contribution in [0.15, 0.2) is 60.4 Å². The number of alkyl halides is 2. The van der Waals surface area contributed by atoms with Crippen LogP contribution in [0.3, 0.4) is 0 Å². The molecule has 1 heterocycles. The summed E-state index contributed by atoms with van der Waals surface area (Å²) in [5, 5.41) is 2.60. The summed E-state index contributed by atoms with van der Waals surface area (Å²) < 4.78 is 41.2. The van der Waals surface area contributed by atoms with Gasteiger partial charge in [-0.3, -0.25) is 9.59 Å². The maximum atomic E-state index is 12.9. The summed E-state index contributed by atoms with van der Waals surface area (Å²) in [5.41, 5.74) is 1.69. The van der Waals surface area contributed by atoms with Gasteiger partial charge in [0.2, 0.25) is 5.91 Å². The number of rotatable bonds is 10. The van der Waals surface area contributed by atoms with Gasteiger partial charge < -0.3 is 24.4 Å². The molecule has 1 aliphatic carbocycles. The largest absolute Gasteiger partial charge is 0.499 e. The maximum absolute atomic E-state index is 12.9. The van der Waals surface area contributed by atoms with Crippen LogP contribution in [0.5, 0.6) is 11.5 Å². The minimum absolute atomic E-state index is 0.0158. The number of hydrogen-bond acceptors (Lipinski definition) is 5. The number of ether oxygens (including phenoxy) is 3. The van der Waals surface area contributed by atoms with Crippen molar-refractivity contribution >= 4 is 11.8 Å². The zero-order valence-electron chi connectivity index (χ0n) is 20.3. The van der Waals surface area contributed by atoms with Gasteiger partial charge >= 0.3 is 6.61 Å². The van der Waals surface area contributed by atoms with E-state index in [-0.39, 0.29) is 19.5 Å². The first kappa shape index (κ1) is 25.6. The molecule has 0 unspecified atom stereocenters. The molecule has 36 heavy (non-hydrogen) atoms. The van der Waals surface area contributed by atoms with Crippen molar-refractivity contribution in [3.05, 3.63) is 71.5 Å². The Labute approximate surface area is 209 Å². The number of carbonyl (C=O) groups is 2. The summed E-state index contributed by atoms with van der Waals surface area (Å²) in [6.45, 7) is -1.50. The Bertz CT molecular complexity index is 1080. The molecule has 0 aromatic heterocycles. The first-order valence-corrected chi connectivity index (χ1v) is 12.0. The quantitative estimate of drug-likeness (QED) is 0.472. The number of allylic oxidation sites excluding steroid dienone is 1. The van der Waals surface area contributed by atoms with Crippen LogP contribution in [0.2, 0.25) is 0 Å². The first-order valence-electron chi connectivity index (χ1n) is 12.0. The minimum Gasteiger partial charge on any atom is -0.499 e. The number of methoxy groups -OCH3 is 1. The third-order valence-corrected chi connectivity index (χ3v) is 6.41. The van der Waals surface area contributed by atoms with Crippen molar-refractivity contribution in [1.82, 2.24) is 10.2 Å². The topological polar surface area (TPSA) is 77.1 Å². The molecular weight excluding hydrogens is 470 g/mol. The summed E-state index contributed by atoms with van der Waals surface area (Å²) in [4.78, 5) is 26.8. The molecule has 2 amide bonds. The molecule has 1 N–H and O–H groups in total. The highest BCUT2D eigenvalue weighted by Gasteiger charge is 2.39. The van der Waals surface area contributed by atoms with Gasteiger partial charge in [0.25, 0.3) is 5.91 Å². The molecule has 2 atom stereocenters. The van der Waals surface area contributed by atoms with Crippen LogP contribution in [-0.2, 0) is 14.3 Å². The summed E-state index contributed by atoms with van der Waals surface area (Å²) >= 11 is 0. The molecular formula is C27H30F2N2O5. The van der Waals surface area contributed by atoms with Gasteiger partial charge in [0.1, 0.15) is 17.3 Å². The second kappa shape index (κ2) is 11.5. The molecule has 0 radical (unpaired) electrons. The molecule has 192 valence electrons. The van der Waals surface area contributed by atoms with Crippen LogP contribution in [0.4, 0.5) is 8.78 Å². The number of amides is 2. The average Bonchev–Trinajstić information content (AvgIpc) is 3.64. The van der Waals surface area contributed by atoms with Gasteiger partial charge in [0, 0.05) is 18.5 Å². The van der Waals surface area contributed by atoms with Crippen molar-refractivity contribution < 1.29 is 32.6 Å². The SMILES string of the molecule is C/C=C(/OC)[C@@H]1C[C@@H](OC(F)F)CN1C(=O)CNC(=O)c1ccc(Oc2ccc(C3CC3)cc2)cc1. The molecule has 1 aliphatic heterocycles. The van der Waals surface area contributed by atoms with Crippen molar-refractivity contribution in [3.63, 3.8) is 0 Å². The zero-order valence-corrected chi connectivity index (χ0v) is 20.3. The van der Waals surface area contributed by atoms with E-state index in [0.29, 0.717) is 28.7 Å². The predicted octanol–water partition coefficient (Wildman–Crippen LogP) is 4.85. The summed E-state index contributed by atoms with van der Waals surface area (Å²) in [6.07, 6.45) is 3.52. The molecule has 4 rings (SSSR count). The van der Waals surface area contributed by atoms with Crippen LogP contribution >= 0.6 is 0 Å². The lowest BCUT2D eigenvalue weighted by Gasteiger charge is -2.25. The van der Waals surface area contributed by atoms with E-state index in [4.69, 9.17) is 9.47 Å². The molecule has 1 saturated heterocycles. The normalized spacial score (nSPS) is 19.9. The van der Waals surface area contributed by atoms with Crippen LogP contribution < -0.4 is 10.1 Å². The monoisotopic (exact) mass is 500 g/mol. The Hall–Kier alpha value is -3.46. The fraction of sp³-hybridized carbons (Fsp3) is 0.407. The Morgan fingerprint density at radius 3 is 2.28 bits per heavy atom. The Morgan fingerprint density at radius 2 is 1.72 bits per heavy atom. The molecule has 2 fully saturated rings. The second-order valence-electron chi connectivity index (χ2n) is 8.86. The van der Waals surface area contributed by atoms with Crippen LogP contribution in [-0.4, -0.2) is 55.7 Å². The highest BCUT2D eigenvalue weighted by atomic mass is 19.3. The third kappa shape index (κ3) is 6.40. The number of hydrogen-bond donors (Lipinski definition) is 1. The van der Waals surface area contributed by atoms with Gasteiger partial charge in [-0.1, -0.05) is 12.1 Å². The molecule has 2 aromatic rings. The predicted molar refractivity (Wildman–Crippen MR) is 129 cm³/mol. The lowest BCUT2D eigenvalue weighted by atomic mass is 10.1. The van der Waals surface area contributed by atoms with Gasteiger partial charge in [-0.05, 0) is 73.7 Å². The van der Waals surface area contributed by atoms with Gasteiger partial charge in [-0.25, -0.2) is 0 Å². The van der Waals surface area contributed by atoms with Crippen molar-refractivity contribution in [1.29, 1.82) is 0 Å². The number of carbonyl (C=O) groups excluding carboxylic acids is 2. The highest BCUT2D eigenvalue weighted by Crippen LogP contribution is 2.40. The van der Waals surface area contributed by atoms with E-state index in [9.17, 15) is 18.4 Å². The minimum atomic E-state index is -2.93. The molecule has 9 heteroatoms. The van der Waals surface area contributed by atoms with E-state index in [1.54, 1.807) is 37.3 Å². The number of halogens is 2. The summed E-state index contributed by atoms with van der Waals surface area (Å²) in [6, 6.07) is 14.1. The molecule has 1 saturated carbocycles. The molecule has 7 nitrogen and oxygen atoms in total. The van der Waals surface area contributed by atoms with Crippen LogP contribution in [0.25, 0.3) is 0 Å². The maximum Gasteiger partial charge on any atom is 0.345 e. The Morgan fingerprint density at radius 1 is 1.08 bits per heavy atom. The Kier molecular flexibility index (Phi) is 8.20. The van der Waals surface area contributed by atoms with E-state index in [1.807, 2.05) is 12.1 Å². The highest BCUT2D eigenvalue weighted by molar-refractivity contribution is 5.96. The van der Waals surface area contributed by atoms with Crippen molar-refractivity contribution in [2.45, 2.75) is 50.9 Å². The van der Waals surface area contributed by atoms with Gasteiger partial charge in [0.05, 0.1) is 25.8 Å². The first-order chi connectivity index (χ1) is 17.4. The molecule has 2 aliphatic rings. The Balaban J connectivity index is 1.31. The number of nitrogens with one attached hydrogen (secondary N) is 1. The smallest absolute Gasteiger partial charge is 0.345 e.